The monoisotopic (exact) mass is 463 g/mol. The first-order valence-electron chi connectivity index (χ1n) is 12.2. The Labute approximate surface area is 204 Å². The summed E-state index contributed by atoms with van der Waals surface area (Å²) in [6.07, 6.45) is 4.18. The Balaban J connectivity index is 1.15. The van der Waals surface area contributed by atoms with Gasteiger partial charge in [0.15, 0.2) is 11.5 Å². The summed E-state index contributed by atoms with van der Waals surface area (Å²) in [5.41, 5.74) is 5.35. The van der Waals surface area contributed by atoms with Crippen LogP contribution in [0.15, 0.2) is 66.9 Å². The predicted octanol–water partition coefficient (Wildman–Crippen LogP) is 5.33. The average Bonchev–Trinajstić information content (AvgIpc) is 3.37. The Morgan fingerprint density at radius 3 is 2.20 bits per heavy atom. The molecule has 1 aliphatic carbocycles. The molecule has 1 amide bonds. The lowest BCUT2D eigenvalue weighted by molar-refractivity contribution is 0.0505. The second-order valence-corrected chi connectivity index (χ2v) is 9.64. The molecule has 3 aliphatic rings. The number of nitrogens with zero attached hydrogens (tertiary/aromatic N) is 3. The fourth-order valence-electron chi connectivity index (χ4n) is 6.27. The van der Waals surface area contributed by atoms with Gasteiger partial charge in [0.2, 0.25) is 0 Å². The fraction of sp³-hybridized carbons (Fsp3) is 0.310. The van der Waals surface area contributed by atoms with Crippen LogP contribution in [0.5, 0.6) is 0 Å². The molecule has 0 saturated carbocycles. The second-order valence-electron chi connectivity index (χ2n) is 9.64. The number of hydrogen-bond acceptors (Lipinski definition) is 5. The van der Waals surface area contributed by atoms with Gasteiger partial charge in [-0.05, 0) is 60.1 Å². The Hall–Kier alpha value is -3.98. The largest absolute Gasteiger partial charge is 0.448 e. The van der Waals surface area contributed by atoms with Crippen LogP contribution in [0.25, 0.3) is 11.1 Å². The highest BCUT2D eigenvalue weighted by atomic mass is 16.6. The van der Waals surface area contributed by atoms with Crippen molar-refractivity contribution in [3.05, 3.63) is 89.2 Å². The zero-order chi connectivity index (χ0) is 23.9. The number of ether oxygens (including phenoxy) is 1. The molecule has 1 aromatic heterocycles. The minimum absolute atomic E-state index is 0.0134. The summed E-state index contributed by atoms with van der Waals surface area (Å²) in [6.45, 7) is 0.298. The third kappa shape index (κ3) is 3.59. The minimum atomic E-state index is -0.288. The zero-order valence-corrected chi connectivity index (χ0v) is 19.3. The summed E-state index contributed by atoms with van der Waals surface area (Å²) < 4.78 is 5.93. The van der Waals surface area contributed by atoms with Crippen LogP contribution >= 0.6 is 0 Å². The number of piperidine rings is 1. The van der Waals surface area contributed by atoms with E-state index in [1.54, 1.807) is 12.1 Å². The molecule has 2 fully saturated rings. The summed E-state index contributed by atoms with van der Waals surface area (Å²) in [5, 5.41) is 9.33. The third-order valence-electron chi connectivity index (χ3n) is 7.83. The number of pyridine rings is 1. The second kappa shape index (κ2) is 8.66. The van der Waals surface area contributed by atoms with E-state index in [0.29, 0.717) is 25.0 Å². The van der Waals surface area contributed by atoms with Crippen LogP contribution < -0.4 is 0 Å². The van der Waals surface area contributed by atoms with Gasteiger partial charge in [-0.3, -0.25) is 4.79 Å². The lowest BCUT2D eigenvalue weighted by atomic mass is 9.84. The molecule has 0 spiro atoms. The standard InChI is InChI=1S/C29H25N3O3/c30-16-27-25(10-5-13-31-27)28(33)18-14-19-11-12-20(15-18)32(19)29(34)35-17-26-23-8-3-1-6-21(23)22-7-2-4-9-24(22)26/h1-10,13,18-20,26H,11-12,14-15,17H2. The van der Waals surface area contributed by atoms with Crippen molar-refractivity contribution in [2.75, 3.05) is 6.61 Å². The predicted molar refractivity (Wildman–Crippen MR) is 130 cm³/mol. The first-order chi connectivity index (χ1) is 17.2. The first kappa shape index (κ1) is 21.5. The maximum atomic E-state index is 13.3. The Bertz CT molecular complexity index is 1300. The van der Waals surface area contributed by atoms with E-state index in [4.69, 9.17) is 4.74 Å². The van der Waals surface area contributed by atoms with E-state index in [1.165, 1.54) is 28.5 Å². The van der Waals surface area contributed by atoms with Crippen molar-refractivity contribution in [1.29, 1.82) is 5.26 Å². The zero-order valence-electron chi connectivity index (χ0n) is 19.3. The number of hydrogen-bond donors (Lipinski definition) is 0. The maximum absolute atomic E-state index is 13.3. The Morgan fingerprint density at radius 1 is 0.943 bits per heavy atom. The van der Waals surface area contributed by atoms with Crippen molar-refractivity contribution in [2.45, 2.75) is 43.7 Å². The van der Waals surface area contributed by atoms with Crippen molar-refractivity contribution in [3.63, 3.8) is 0 Å². The molecule has 3 aromatic rings. The number of rotatable bonds is 4. The molecule has 2 aromatic carbocycles. The van der Waals surface area contributed by atoms with Gasteiger partial charge in [-0.15, -0.1) is 0 Å². The van der Waals surface area contributed by atoms with Crippen molar-refractivity contribution < 1.29 is 14.3 Å². The number of fused-ring (bicyclic) bond motifs is 5. The number of ketones is 1. The van der Waals surface area contributed by atoms with E-state index in [1.807, 2.05) is 35.2 Å². The topological polar surface area (TPSA) is 83.3 Å². The van der Waals surface area contributed by atoms with Crippen molar-refractivity contribution in [2.24, 2.45) is 5.92 Å². The van der Waals surface area contributed by atoms with E-state index < -0.39 is 0 Å². The average molecular weight is 464 g/mol. The summed E-state index contributed by atoms with van der Waals surface area (Å²) >= 11 is 0. The molecule has 3 heterocycles. The molecule has 2 atom stereocenters. The highest BCUT2D eigenvalue weighted by molar-refractivity contribution is 5.99. The molecule has 0 N–H and O–H groups in total. The van der Waals surface area contributed by atoms with E-state index in [0.717, 1.165) is 12.8 Å². The fourth-order valence-corrected chi connectivity index (χ4v) is 6.27. The Kier molecular flexibility index (Phi) is 5.33. The number of benzene rings is 2. The molecule has 2 aliphatic heterocycles. The smallest absolute Gasteiger partial charge is 0.410 e. The van der Waals surface area contributed by atoms with Gasteiger partial charge >= 0.3 is 6.09 Å². The summed E-state index contributed by atoms with van der Waals surface area (Å²) in [4.78, 5) is 32.3. The van der Waals surface area contributed by atoms with E-state index in [-0.39, 0.29) is 41.5 Å². The van der Waals surface area contributed by atoms with Gasteiger partial charge in [0.25, 0.3) is 0 Å². The van der Waals surface area contributed by atoms with Crippen LogP contribution in [0, 0.1) is 17.2 Å². The van der Waals surface area contributed by atoms with Crippen LogP contribution in [-0.4, -0.2) is 40.5 Å². The lowest BCUT2D eigenvalue weighted by Gasteiger charge is -2.37. The molecule has 6 nitrogen and oxygen atoms in total. The highest BCUT2D eigenvalue weighted by Crippen LogP contribution is 2.45. The van der Waals surface area contributed by atoms with Crippen LogP contribution in [0.4, 0.5) is 4.79 Å². The van der Waals surface area contributed by atoms with Crippen molar-refractivity contribution in [3.8, 4) is 17.2 Å². The summed E-state index contributed by atoms with van der Waals surface area (Å²) in [6, 6.07) is 22.0. The number of carbonyl (C=O) groups is 2. The van der Waals surface area contributed by atoms with Crippen LogP contribution in [-0.2, 0) is 4.74 Å². The number of aromatic nitrogens is 1. The van der Waals surface area contributed by atoms with Crippen LogP contribution in [0.3, 0.4) is 0 Å². The SMILES string of the molecule is N#Cc1ncccc1C(=O)C1CC2CCC(C1)N2C(=O)OCC1c2ccccc2-c2ccccc21. The minimum Gasteiger partial charge on any atom is -0.448 e. The molecular formula is C29H25N3O3. The highest BCUT2D eigenvalue weighted by Gasteiger charge is 2.46. The number of carbonyl (C=O) groups excluding carboxylic acids is 2. The molecule has 2 saturated heterocycles. The number of amides is 1. The normalized spacial score (nSPS) is 22.3. The molecule has 0 radical (unpaired) electrons. The molecule has 35 heavy (non-hydrogen) atoms. The van der Waals surface area contributed by atoms with Gasteiger partial charge in [-0.2, -0.15) is 5.26 Å². The van der Waals surface area contributed by atoms with Gasteiger partial charge in [0.1, 0.15) is 12.7 Å². The molecule has 6 heteroatoms. The van der Waals surface area contributed by atoms with Crippen LogP contribution in [0.1, 0.15) is 58.8 Å². The van der Waals surface area contributed by atoms with Gasteiger partial charge in [0.05, 0.1) is 5.56 Å². The third-order valence-corrected chi connectivity index (χ3v) is 7.83. The molecule has 2 unspecified atom stereocenters. The van der Waals surface area contributed by atoms with Crippen molar-refractivity contribution >= 4 is 11.9 Å². The van der Waals surface area contributed by atoms with Crippen LogP contribution in [0.2, 0.25) is 0 Å². The van der Waals surface area contributed by atoms with Gasteiger partial charge in [0, 0.05) is 30.1 Å². The molecular weight excluding hydrogens is 438 g/mol. The van der Waals surface area contributed by atoms with E-state index >= 15 is 0 Å². The van der Waals surface area contributed by atoms with Crippen molar-refractivity contribution in [1.82, 2.24) is 9.88 Å². The quantitative estimate of drug-likeness (QED) is 0.489. The molecule has 174 valence electrons. The maximum Gasteiger partial charge on any atom is 0.410 e. The van der Waals surface area contributed by atoms with E-state index in [9.17, 15) is 14.9 Å². The molecule has 6 rings (SSSR count). The van der Waals surface area contributed by atoms with E-state index in [2.05, 4.69) is 29.2 Å². The lowest BCUT2D eigenvalue weighted by Crippen LogP contribution is -2.48. The Morgan fingerprint density at radius 2 is 1.57 bits per heavy atom. The molecule has 2 bridgehead atoms. The van der Waals surface area contributed by atoms with Gasteiger partial charge < -0.3 is 9.64 Å². The summed E-state index contributed by atoms with van der Waals surface area (Å²) in [7, 11) is 0. The first-order valence-corrected chi connectivity index (χ1v) is 12.2. The van der Waals surface area contributed by atoms with Gasteiger partial charge in [-0.25, -0.2) is 9.78 Å². The van der Waals surface area contributed by atoms with Gasteiger partial charge in [-0.1, -0.05) is 48.5 Å². The number of nitriles is 1. The number of Topliss-reactive ketones (excluding diaryl/α,β-unsaturated/α-hetero) is 1. The summed E-state index contributed by atoms with van der Waals surface area (Å²) in [5.74, 6) is -0.224.